The van der Waals surface area contributed by atoms with E-state index in [9.17, 15) is 9.59 Å². The lowest BCUT2D eigenvalue weighted by atomic mass is 9.80. The number of likely N-dealkylation sites (tertiary alicyclic amines) is 1. The third-order valence-corrected chi connectivity index (χ3v) is 7.40. The Morgan fingerprint density at radius 2 is 1.91 bits per heavy atom. The Kier molecular flexibility index (Phi) is 6.52. The zero-order valence-electron chi connectivity index (χ0n) is 18.9. The van der Waals surface area contributed by atoms with Gasteiger partial charge in [0.2, 0.25) is 5.91 Å². The molecule has 34 heavy (non-hydrogen) atoms. The van der Waals surface area contributed by atoms with Gasteiger partial charge in [0.15, 0.2) is 0 Å². The highest BCUT2D eigenvalue weighted by Crippen LogP contribution is 2.36. The van der Waals surface area contributed by atoms with Crippen molar-refractivity contribution < 1.29 is 9.59 Å². The van der Waals surface area contributed by atoms with Crippen molar-refractivity contribution in [3.05, 3.63) is 87.9 Å². The van der Waals surface area contributed by atoms with Crippen LogP contribution in [0.25, 0.3) is 0 Å². The van der Waals surface area contributed by atoms with Gasteiger partial charge in [0.1, 0.15) is 6.04 Å². The van der Waals surface area contributed by atoms with Crippen LogP contribution in [0.5, 0.6) is 0 Å². The van der Waals surface area contributed by atoms with Gasteiger partial charge in [-0.15, -0.1) is 0 Å². The van der Waals surface area contributed by atoms with Gasteiger partial charge in [-0.05, 0) is 36.6 Å². The number of nitrogens with one attached hydrogen (secondary N) is 3. The van der Waals surface area contributed by atoms with Gasteiger partial charge in [0, 0.05) is 48.2 Å². The molecule has 3 N–H and O–H groups in total. The van der Waals surface area contributed by atoms with Gasteiger partial charge >= 0.3 is 0 Å². The fourth-order valence-corrected chi connectivity index (χ4v) is 5.50. The van der Waals surface area contributed by atoms with Crippen molar-refractivity contribution in [2.75, 3.05) is 19.6 Å². The highest BCUT2D eigenvalue weighted by atomic mass is 79.9. The maximum atomic E-state index is 13.7. The summed E-state index contributed by atoms with van der Waals surface area (Å²) in [5, 5.41) is 6.67. The molecular weight excluding hydrogens is 494 g/mol. The maximum Gasteiger partial charge on any atom is 0.251 e. The summed E-state index contributed by atoms with van der Waals surface area (Å²) in [5.41, 5.74) is 3.64. The molecule has 0 aliphatic carbocycles. The van der Waals surface area contributed by atoms with Gasteiger partial charge in [-0.2, -0.15) is 0 Å². The number of nitrogens with zero attached hydrogens (tertiary/aromatic N) is 2. The zero-order chi connectivity index (χ0) is 23.5. The minimum absolute atomic E-state index is 0.0416. The number of hydrogen-bond donors (Lipinski definition) is 3. The van der Waals surface area contributed by atoms with Crippen molar-refractivity contribution in [2.45, 2.75) is 37.3 Å². The van der Waals surface area contributed by atoms with Gasteiger partial charge in [0.25, 0.3) is 5.91 Å². The van der Waals surface area contributed by atoms with Crippen molar-refractivity contribution in [3.63, 3.8) is 0 Å². The molecule has 1 aromatic heterocycles. The van der Waals surface area contributed by atoms with Crippen LogP contribution in [-0.2, 0) is 23.2 Å². The van der Waals surface area contributed by atoms with Crippen LogP contribution in [0.3, 0.4) is 0 Å². The summed E-state index contributed by atoms with van der Waals surface area (Å²) in [7, 11) is 0. The van der Waals surface area contributed by atoms with E-state index >= 15 is 0 Å². The predicted molar refractivity (Wildman–Crippen MR) is 133 cm³/mol. The van der Waals surface area contributed by atoms with Crippen LogP contribution in [-0.4, -0.2) is 52.4 Å². The molecule has 8 heteroatoms. The average Bonchev–Trinajstić information content (AvgIpc) is 3.35. The Hall–Kier alpha value is -2.97. The predicted octanol–water partition coefficient (Wildman–Crippen LogP) is 3.18. The summed E-state index contributed by atoms with van der Waals surface area (Å²) < 4.78 is 0.824. The summed E-state index contributed by atoms with van der Waals surface area (Å²) in [5.74, 6) is -0.292. The van der Waals surface area contributed by atoms with Crippen molar-refractivity contribution in [1.82, 2.24) is 25.5 Å². The van der Waals surface area contributed by atoms with E-state index in [1.165, 1.54) is 5.69 Å². The largest absolute Gasteiger partial charge is 0.348 e. The van der Waals surface area contributed by atoms with Gasteiger partial charge in [-0.1, -0.05) is 52.3 Å². The van der Waals surface area contributed by atoms with Crippen LogP contribution in [0.1, 0.15) is 40.2 Å². The molecule has 176 valence electrons. The van der Waals surface area contributed by atoms with Crippen LogP contribution < -0.4 is 10.6 Å². The van der Waals surface area contributed by atoms with E-state index in [4.69, 9.17) is 0 Å². The number of H-pyrrole nitrogens is 1. The molecule has 5 rings (SSSR count). The molecule has 2 aliphatic heterocycles. The van der Waals surface area contributed by atoms with Gasteiger partial charge in [0.05, 0.1) is 17.6 Å². The number of carbonyl (C=O) groups is 2. The van der Waals surface area contributed by atoms with Crippen molar-refractivity contribution in [2.24, 2.45) is 0 Å². The van der Waals surface area contributed by atoms with Gasteiger partial charge in [-0.25, -0.2) is 4.98 Å². The second-order valence-electron chi connectivity index (χ2n) is 9.04. The quantitative estimate of drug-likeness (QED) is 0.480. The first-order valence-corrected chi connectivity index (χ1v) is 12.5. The highest BCUT2D eigenvalue weighted by Gasteiger charge is 2.42. The van der Waals surface area contributed by atoms with E-state index in [0.29, 0.717) is 25.1 Å². The van der Waals surface area contributed by atoms with E-state index in [1.807, 2.05) is 47.4 Å². The Bertz CT molecular complexity index is 1170. The molecular formula is C26H28BrN5O2. The number of rotatable bonds is 5. The van der Waals surface area contributed by atoms with Crippen molar-refractivity contribution in [3.8, 4) is 0 Å². The lowest BCUT2D eigenvalue weighted by molar-refractivity contribution is -0.135. The van der Waals surface area contributed by atoms with Crippen LogP contribution in [0.2, 0.25) is 0 Å². The van der Waals surface area contributed by atoms with E-state index in [0.717, 1.165) is 41.5 Å². The topological polar surface area (TPSA) is 90.1 Å². The number of imidazole rings is 1. The number of amides is 2. The molecule has 3 heterocycles. The second-order valence-corrected chi connectivity index (χ2v) is 9.96. The molecule has 0 radical (unpaired) electrons. The highest BCUT2D eigenvalue weighted by molar-refractivity contribution is 9.10. The Morgan fingerprint density at radius 3 is 2.68 bits per heavy atom. The summed E-state index contributed by atoms with van der Waals surface area (Å²) in [6, 6.07) is 16.4. The maximum absolute atomic E-state index is 13.7. The fourth-order valence-electron chi connectivity index (χ4n) is 5.10. The van der Waals surface area contributed by atoms with Crippen molar-refractivity contribution >= 4 is 27.7 Å². The molecule has 2 aromatic carbocycles. The van der Waals surface area contributed by atoms with E-state index < -0.39 is 6.04 Å². The van der Waals surface area contributed by atoms with Crippen molar-refractivity contribution in [1.29, 1.82) is 0 Å². The third-order valence-electron chi connectivity index (χ3n) is 6.91. The smallest absolute Gasteiger partial charge is 0.251 e. The van der Waals surface area contributed by atoms with Crippen LogP contribution in [0.4, 0.5) is 0 Å². The summed E-state index contributed by atoms with van der Waals surface area (Å²) in [6.07, 6.45) is 4.76. The number of piperidine rings is 1. The molecule has 1 atom stereocenters. The van der Waals surface area contributed by atoms with E-state index in [1.54, 1.807) is 18.5 Å². The second kappa shape index (κ2) is 9.72. The first-order chi connectivity index (χ1) is 16.5. The number of aromatic amines is 1. The number of aromatic nitrogens is 2. The molecule has 3 aromatic rings. The molecule has 2 amide bonds. The lowest BCUT2D eigenvalue weighted by Gasteiger charge is -2.44. The average molecular weight is 522 g/mol. The minimum atomic E-state index is -0.636. The molecule has 7 nitrogen and oxygen atoms in total. The summed E-state index contributed by atoms with van der Waals surface area (Å²) in [4.78, 5) is 36.4. The molecule has 1 fully saturated rings. The monoisotopic (exact) mass is 521 g/mol. The SMILES string of the molecule is O=C(N[C@H](Cc1ccccc1)C(=O)N1CCC2(CC1)NCCc1[nH]cnc12)c1cccc(Br)c1. The lowest BCUT2D eigenvalue weighted by Crippen LogP contribution is -2.58. The minimum Gasteiger partial charge on any atom is -0.348 e. The fraction of sp³-hybridized carbons (Fsp3) is 0.346. The Labute approximate surface area is 207 Å². The van der Waals surface area contributed by atoms with Crippen LogP contribution in [0.15, 0.2) is 65.4 Å². The normalized spacial score (nSPS) is 17.7. The number of halogens is 1. The van der Waals surface area contributed by atoms with Crippen LogP contribution >= 0.6 is 15.9 Å². The van der Waals surface area contributed by atoms with Gasteiger partial charge < -0.3 is 20.5 Å². The van der Waals surface area contributed by atoms with E-state index in [-0.39, 0.29) is 17.4 Å². The number of fused-ring (bicyclic) bond motifs is 2. The molecule has 1 saturated heterocycles. The Morgan fingerprint density at radius 1 is 1.12 bits per heavy atom. The number of benzene rings is 2. The first-order valence-electron chi connectivity index (χ1n) is 11.7. The standard InChI is InChI=1S/C26H28BrN5O2/c27-20-8-4-7-19(16-20)24(33)31-22(15-18-5-2-1-3-6-18)25(34)32-13-10-26(11-14-32)23-21(9-12-30-26)28-17-29-23/h1-8,16-17,22,30H,9-15H2,(H,28,29)(H,31,33)/t22-/m1/s1. The molecule has 0 saturated carbocycles. The number of carbonyl (C=O) groups excluding carboxylic acids is 2. The first kappa shape index (κ1) is 22.8. The van der Waals surface area contributed by atoms with Gasteiger partial charge in [-0.3, -0.25) is 9.59 Å². The zero-order valence-corrected chi connectivity index (χ0v) is 20.5. The molecule has 1 spiro atoms. The molecule has 0 bridgehead atoms. The summed E-state index contributed by atoms with van der Waals surface area (Å²) in [6.45, 7) is 2.15. The third kappa shape index (κ3) is 4.65. The van der Waals surface area contributed by atoms with E-state index in [2.05, 4.69) is 36.5 Å². The molecule has 0 unspecified atom stereocenters. The Balaban J connectivity index is 1.32. The summed E-state index contributed by atoms with van der Waals surface area (Å²) >= 11 is 3.42. The molecule has 2 aliphatic rings. The number of hydrogen-bond acceptors (Lipinski definition) is 4. The van der Waals surface area contributed by atoms with Crippen LogP contribution in [0, 0.1) is 0 Å².